The lowest BCUT2D eigenvalue weighted by Gasteiger charge is -2.23. The number of hydrogen-bond acceptors (Lipinski definition) is 4. The van der Waals surface area contributed by atoms with E-state index in [9.17, 15) is 0 Å². The number of rotatable bonds is 6. The van der Waals surface area contributed by atoms with Crippen LogP contribution < -0.4 is 0 Å². The van der Waals surface area contributed by atoms with Crippen LogP contribution in [0.1, 0.15) is 13.8 Å². The SMILES string of the molecule is CCO[Si](C)(OCC)OC1CO1. The Morgan fingerprint density at radius 1 is 1.33 bits per heavy atom. The molecule has 0 aromatic heterocycles. The smallest absolute Gasteiger partial charge is 0.374 e. The normalized spacial score (nSPS) is 22.8. The van der Waals surface area contributed by atoms with Gasteiger partial charge in [0.05, 0.1) is 0 Å². The summed E-state index contributed by atoms with van der Waals surface area (Å²) in [4.78, 5) is 0. The molecule has 1 unspecified atom stereocenters. The molecular formula is C7H16O4Si. The van der Waals surface area contributed by atoms with Crippen LogP contribution in [0.5, 0.6) is 0 Å². The van der Waals surface area contributed by atoms with Gasteiger partial charge in [0.2, 0.25) is 0 Å². The van der Waals surface area contributed by atoms with Crippen LogP contribution in [0.2, 0.25) is 6.55 Å². The van der Waals surface area contributed by atoms with Crippen molar-refractivity contribution in [1.82, 2.24) is 0 Å². The highest BCUT2D eigenvalue weighted by molar-refractivity contribution is 6.59. The van der Waals surface area contributed by atoms with Crippen molar-refractivity contribution < 1.29 is 18.0 Å². The first-order valence-corrected chi connectivity index (χ1v) is 6.50. The van der Waals surface area contributed by atoms with Gasteiger partial charge in [-0.25, -0.2) is 0 Å². The molecule has 1 saturated heterocycles. The third kappa shape index (κ3) is 3.20. The second-order valence-electron chi connectivity index (χ2n) is 2.61. The minimum atomic E-state index is -2.38. The van der Waals surface area contributed by atoms with Gasteiger partial charge in [0.25, 0.3) is 0 Å². The fourth-order valence-corrected chi connectivity index (χ4v) is 2.86. The molecule has 0 aliphatic carbocycles. The molecule has 0 spiro atoms. The number of epoxide rings is 1. The van der Waals surface area contributed by atoms with Gasteiger partial charge in [-0.05, 0) is 13.8 Å². The van der Waals surface area contributed by atoms with E-state index in [0.717, 1.165) is 0 Å². The summed E-state index contributed by atoms with van der Waals surface area (Å²) in [6.07, 6.45) is -0.0835. The average molecular weight is 192 g/mol. The van der Waals surface area contributed by atoms with Crippen LogP contribution in [0.4, 0.5) is 0 Å². The summed E-state index contributed by atoms with van der Waals surface area (Å²) in [6.45, 7) is 7.66. The summed E-state index contributed by atoms with van der Waals surface area (Å²) in [5.41, 5.74) is 0. The lowest BCUT2D eigenvalue weighted by atomic mass is 10.9. The molecule has 1 atom stereocenters. The van der Waals surface area contributed by atoms with E-state index >= 15 is 0 Å². The molecule has 1 aliphatic rings. The topological polar surface area (TPSA) is 40.2 Å². The molecular weight excluding hydrogens is 176 g/mol. The van der Waals surface area contributed by atoms with Crippen molar-refractivity contribution in [3.63, 3.8) is 0 Å². The van der Waals surface area contributed by atoms with Crippen molar-refractivity contribution >= 4 is 8.80 Å². The molecule has 0 aromatic rings. The summed E-state index contributed by atoms with van der Waals surface area (Å²) < 4.78 is 21.3. The third-order valence-electron chi connectivity index (χ3n) is 1.46. The van der Waals surface area contributed by atoms with E-state index in [-0.39, 0.29) is 6.29 Å². The minimum absolute atomic E-state index is 0.0835. The summed E-state index contributed by atoms with van der Waals surface area (Å²) >= 11 is 0. The fraction of sp³-hybridized carbons (Fsp3) is 1.00. The molecule has 1 fully saturated rings. The monoisotopic (exact) mass is 192 g/mol. The highest BCUT2D eigenvalue weighted by Crippen LogP contribution is 2.19. The largest absolute Gasteiger partial charge is 0.499 e. The molecule has 4 nitrogen and oxygen atoms in total. The maximum Gasteiger partial charge on any atom is 0.499 e. The van der Waals surface area contributed by atoms with Gasteiger partial charge in [0, 0.05) is 19.8 Å². The van der Waals surface area contributed by atoms with E-state index < -0.39 is 8.80 Å². The number of ether oxygens (including phenoxy) is 1. The minimum Gasteiger partial charge on any atom is -0.374 e. The van der Waals surface area contributed by atoms with Crippen molar-refractivity contribution in [3.8, 4) is 0 Å². The Labute approximate surface area is 74.1 Å². The van der Waals surface area contributed by atoms with Crippen LogP contribution in [0.15, 0.2) is 0 Å². The Hall–Kier alpha value is 0.0569. The summed E-state index contributed by atoms with van der Waals surface area (Å²) in [6, 6.07) is 0. The second-order valence-corrected chi connectivity index (χ2v) is 5.15. The predicted molar refractivity (Wildman–Crippen MR) is 45.7 cm³/mol. The second kappa shape index (κ2) is 4.34. The Kier molecular flexibility index (Phi) is 3.67. The van der Waals surface area contributed by atoms with Gasteiger partial charge in [0.1, 0.15) is 6.61 Å². The van der Waals surface area contributed by atoms with Gasteiger partial charge in [0.15, 0.2) is 6.29 Å². The van der Waals surface area contributed by atoms with Gasteiger partial charge in [-0.15, -0.1) is 0 Å². The predicted octanol–water partition coefficient (Wildman–Crippen LogP) is 1.00. The lowest BCUT2D eigenvalue weighted by Crippen LogP contribution is -2.43. The molecule has 0 bridgehead atoms. The van der Waals surface area contributed by atoms with E-state index in [2.05, 4.69) is 0 Å². The van der Waals surface area contributed by atoms with Gasteiger partial charge in [-0.1, -0.05) is 0 Å². The van der Waals surface area contributed by atoms with E-state index in [1.54, 1.807) is 0 Å². The summed E-state index contributed by atoms with van der Waals surface area (Å²) in [5.74, 6) is 0. The molecule has 0 aromatic carbocycles. The van der Waals surface area contributed by atoms with Gasteiger partial charge < -0.3 is 18.0 Å². The molecule has 1 aliphatic heterocycles. The molecule has 0 N–H and O–H groups in total. The molecule has 0 saturated carbocycles. The molecule has 1 rings (SSSR count). The summed E-state index contributed by atoms with van der Waals surface area (Å²) in [7, 11) is -2.38. The van der Waals surface area contributed by atoms with Gasteiger partial charge in [-0.3, -0.25) is 0 Å². The highest BCUT2D eigenvalue weighted by atomic mass is 28.4. The summed E-state index contributed by atoms with van der Waals surface area (Å²) in [5, 5.41) is 0. The van der Waals surface area contributed by atoms with Crippen LogP contribution in [0.25, 0.3) is 0 Å². The Balaban J connectivity index is 2.32. The zero-order chi connectivity index (χ0) is 9.03. The van der Waals surface area contributed by atoms with Crippen molar-refractivity contribution in [2.75, 3.05) is 19.8 Å². The number of hydrogen-bond donors (Lipinski definition) is 0. The molecule has 1 heterocycles. The Morgan fingerprint density at radius 3 is 2.17 bits per heavy atom. The zero-order valence-corrected chi connectivity index (χ0v) is 8.83. The van der Waals surface area contributed by atoms with Gasteiger partial charge >= 0.3 is 8.80 Å². The molecule has 12 heavy (non-hydrogen) atoms. The molecule has 72 valence electrons. The van der Waals surface area contributed by atoms with Crippen LogP contribution in [0.3, 0.4) is 0 Å². The Morgan fingerprint density at radius 2 is 1.83 bits per heavy atom. The van der Waals surface area contributed by atoms with Crippen LogP contribution in [-0.2, 0) is 18.0 Å². The van der Waals surface area contributed by atoms with Crippen molar-refractivity contribution in [2.45, 2.75) is 26.7 Å². The van der Waals surface area contributed by atoms with E-state index in [1.807, 2.05) is 20.4 Å². The van der Waals surface area contributed by atoms with Crippen LogP contribution in [-0.4, -0.2) is 34.9 Å². The molecule has 0 amide bonds. The zero-order valence-electron chi connectivity index (χ0n) is 7.83. The van der Waals surface area contributed by atoms with Crippen LogP contribution in [0, 0.1) is 0 Å². The lowest BCUT2D eigenvalue weighted by molar-refractivity contribution is 0.0369. The van der Waals surface area contributed by atoms with Crippen molar-refractivity contribution in [1.29, 1.82) is 0 Å². The highest BCUT2D eigenvalue weighted by Gasteiger charge is 2.41. The molecule has 0 radical (unpaired) electrons. The van der Waals surface area contributed by atoms with E-state index in [1.165, 1.54) is 0 Å². The first-order valence-electron chi connectivity index (χ1n) is 4.27. The van der Waals surface area contributed by atoms with Crippen molar-refractivity contribution in [2.24, 2.45) is 0 Å². The maximum atomic E-state index is 5.50. The first kappa shape index (κ1) is 10.1. The fourth-order valence-electron chi connectivity index (χ4n) is 0.980. The van der Waals surface area contributed by atoms with Crippen molar-refractivity contribution in [3.05, 3.63) is 0 Å². The van der Waals surface area contributed by atoms with E-state index in [4.69, 9.17) is 18.0 Å². The average Bonchev–Trinajstić information content (AvgIpc) is 2.72. The maximum absolute atomic E-state index is 5.50. The Bertz CT molecular complexity index is 131. The first-order chi connectivity index (χ1) is 5.70. The molecule has 5 heteroatoms. The van der Waals surface area contributed by atoms with E-state index in [0.29, 0.717) is 19.8 Å². The quantitative estimate of drug-likeness (QED) is 0.465. The standard InChI is InChI=1S/C7H16O4Si/c1-4-9-12(3,10-5-2)11-7-6-8-7/h7H,4-6H2,1-3H3. The van der Waals surface area contributed by atoms with Crippen LogP contribution >= 0.6 is 0 Å². The third-order valence-corrected chi connectivity index (χ3v) is 3.78. The van der Waals surface area contributed by atoms with Gasteiger partial charge in [-0.2, -0.15) is 0 Å².